The Morgan fingerprint density at radius 2 is 2.15 bits per heavy atom. The number of nitrogens with two attached hydrogens (primary N) is 1. The van der Waals surface area contributed by atoms with Crippen molar-refractivity contribution in [3.05, 3.63) is 45.7 Å². The lowest BCUT2D eigenvalue weighted by molar-refractivity contribution is 0.296. The van der Waals surface area contributed by atoms with Crippen LogP contribution < -0.4 is 10.5 Å². The summed E-state index contributed by atoms with van der Waals surface area (Å²) in [5, 5.41) is 5.33. The van der Waals surface area contributed by atoms with E-state index in [0.29, 0.717) is 28.8 Å². The van der Waals surface area contributed by atoms with Crippen LogP contribution in [0, 0.1) is 0 Å². The number of nitrogens with zero attached hydrogens (tertiary/aromatic N) is 2. The summed E-state index contributed by atoms with van der Waals surface area (Å²) in [6, 6.07) is 5.41. The number of benzene rings is 1. The van der Waals surface area contributed by atoms with E-state index in [0.717, 1.165) is 11.3 Å². The number of rotatable bonds is 5. The molecule has 1 heterocycles. The SMILES string of the molecule is CC(N)Cc1cc(Cl)cc(Cl)c1OCc1ccn(C)n1. The van der Waals surface area contributed by atoms with Gasteiger partial charge in [-0.15, -0.1) is 0 Å². The summed E-state index contributed by atoms with van der Waals surface area (Å²) >= 11 is 12.2. The first-order valence-electron chi connectivity index (χ1n) is 6.30. The van der Waals surface area contributed by atoms with Crippen LogP contribution in [0.4, 0.5) is 0 Å². The monoisotopic (exact) mass is 313 g/mol. The van der Waals surface area contributed by atoms with Crippen LogP contribution in [-0.2, 0) is 20.1 Å². The average molecular weight is 314 g/mol. The van der Waals surface area contributed by atoms with Gasteiger partial charge in [0.2, 0.25) is 0 Å². The predicted octanol–water partition coefficient (Wildman–Crippen LogP) is 3.20. The smallest absolute Gasteiger partial charge is 0.141 e. The minimum Gasteiger partial charge on any atom is -0.485 e. The summed E-state index contributed by atoms with van der Waals surface area (Å²) in [4.78, 5) is 0. The van der Waals surface area contributed by atoms with Gasteiger partial charge in [-0.05, 0) is 37.1 Å². The lowest BCUT2D eigenvalue weighted by Crippen LogP contribution is -2.18. The predicted molar refractivity (Wildman–Crippen MR) is 81.4 cm³/mol. The molecule has 6 heteroatoms. The standard InChI is InChI=1S/C14H17Cl2N3O/c1-9(17)5-10-6-11(15)7-13(16)14(10)20-8-12-3-4-19(2)18-12/h3-4,6-7,9H,5,8,17H2,1-2H3. The molecule has 2 rings (SSSR count). The Balaban J connectivity index is 2.20. The van der Waals surface area contributed by atoms with Crippen LogP contribution in [0.3, 0.4) is 0 Å². The van der Waals surface area contributed by atoms with E-state index in [4.69, 9.17) is 33.7 Å². The van der Waals surface area contributed by atoms with Crippen molar-refractivity contribution in [2.24, 2.45) is 12.8 Å². The van der Waals surface area contributed by atoms with Crippen molar-refractivity contribution in [1.29, 1.82) is 0 Å². The third kappa shape index (κ3) is 3.88. The van der Waals surface area contributed by atoms with Gasteiger partial charge < -0.3 is 10.5 Å². The second-order valence-corrected chi connectivity index (χ2v) is 5.67. The molecule has 0 fully saturated rings. The molecule has 1 aromatic heterocycles. The van der Waals surface area contributed by atoms with Gasteiger partial charge in [-0.3, -0.25) is 4.68 Å². The molecule has 4 nitrogen and oxygen atoms in total. The molecule has 1 unspecified atom stereocenters. The van der Waals surface area contributed by atoms with Crippen LogP contribution in [0.2, 0.25) is 10.0 Å². The second-order valence-electron chi connectivity index (χ2n) is 4.83. The highest BCUT2D eigenvalue weighted by Gasteiger charge is 2.13. The molecule has 0 aliphatic heterocycles. The number of halogens is 2. The van der Waals surface area contributed by atoms with Gasteiger partial charge in [0.15, 0.2) is 0 Å². The quantitative estimate of drug-likeness (QED) is 0.922. The molecule has 1 aromatic carbocycles. The van der Waals surface area contributed by atoms with Crippen LogP contribution in [0.15, 0.2) is 24.4 Å². The van der Waals surface area contributed by atoms with E-state index in [1.165, 1.54) is 0 Å². The van der Waals surface area contributed by atoms with Crippen molar-refractivity contribution in [3.8, 4) is 5.75 Å². The van der Waals surface area contributed by atoms with Crippen molar-refractivity contribution >= 4 is 23.2 Å². The van der Waals surface area contributed by atoms with E-state index in [-0.39, 0.29) is 6.04 Å². The third-order valence-corrected chi connectivity index (χ3v) is 3.26. The van der Waals surface area contributed by atoms with Crippen LogP contribution in [0.5, 0.6) is 5.75 Å². The Morgan fingerprint density at radius 1 is 1.40 bits per heavy atom. The Labute approximate surface area is 128 Å². The fourth-order valence-electron chi connectivity index (χ4n) is 1.96. The highest BCUT2D eigenvalue weighted by atomic mass is 35.5. The molecule has 0 spiro atoms. The maximum absolute atomic E-state index is 6.21. The highest BCUT2D eigenvalue weighted by Crippen LogP contribution is 2.33. The van der Waals surface area contributed by atoms with E-state index in [2.05, 4.69) is 5.10 Å². The molecule has 1 atom stereocenters. The van der Waals surface area contributed by atoms with Crippen LogP contribution >= 0.6 is 23.2 Å². The first-order valence-corrected chi connectivity index (χ1v) is 7.06. The van der Waals surface area contributed by atoms with Crippen LogP contribution in [-0.4, -0.2) is 15.8 Å². The molecule has 0 saturated carbocycles. The molecule has 0 saturated heterocycles. The molecule has 0 amide bonds. The van der Waals surface area contributed by atoms with Gasteiger partial charge in [0, 0.05) is 24.3 Å². The van der Waals surface area contributed by atoms with Gasteiger partial charge in [0.25, 0.3) is 0 Å². The molecule has 108 valence electrons. The molecule has 0 bridgehead atoms. The zero-order chi connectivity index (χ0) is 14.7. The van der Waals surface area contributed by atoms with E-state index in [9.17, 15) is 0 Å². The Kier molecular flexibility index (Phi) is 4.91. The Morgan fingerprint density at radius 3 is 2.75 bits per heavy atom. The molecule has 0 aliphatic carbocycles. The molecule has 0 radical (unpaired) electrons. The number of aromatic nitrogens is 2. The van der Waals surface area contributed by atoms with E-state index in [1.807, 2.05) is 32.3 Å². The second kappa shape index (κ2) is 6.48. The van der Waals surface area contributed by atoms with Crippen molar-refractivity contribution in [2.75, 3.05) is 0 Å². The summed E-state index contributed by atoms with van der Waals surface area (Å²) in [6.07, 6.45) is 2.52. The fraction of sp³-hybridized carbons (Fsp3) is 0.357. The summed E-state index contributed by atoms with van der Waals surface area (Å²) in [7, 11) is 1.86. The lowest BCUT2D eigenvalue weighted by Gasteiger charge is -2.14. The highest BCUT2D eigenvalue weighted by molar-refractivity contribution is 6.35. The maximum Gasteiger partial charge on any atom is 0.141 e. The summed E-state index contributed by atoms with van der Waals surface area (Å²) in [6.45, 7) is 2.28. The zero-order valence-electron chi connectivity index (χ0n) is 11.4. The number of hydrogen-bond acceptors (Lipinski definition) is 3. The van der Waals surface area contributed by atoms with E-state index < -0.39 is 0 Å². The molecule has 2 aromatic rings. The zero-order valence-corrected chi connectivity index (χ0v) is 12.9. The van der Waals surface area contributed by atoms with Crippen molar-refractivity contribution < 1.29 is 4.74 Å². The molecule has 0 aliphatic rings. The van der Waals surface area contributed by atoms with E-state index >= 15 is 0 Å². The third-order valence-electron chi connectivity index (χ3n) is 2.76. The van der Waals surface area contributed by atoms with Crippen molar-refractivity contribution in [1.82, 2.24) is 9.78 Å². The van der Waals surface area contributed by atoms with Gasteiger partial charge in [-0.25, -0.2) is 0 Å². The van der Waals surface area contributed by atoms with Gasteiger partial charge in [0.05, 0.1) is 10.7 Å². The Bertz CT molecular complexity index is 596. The normalized spacial score (nSPS) is 12.4. The lowest BCUT2D eigenvalue weighted by atomic mass is 10.1. The largest absolute Gasteiger partial charge is 0.485 e. The molecular formula is C14H17Cl2N3O. The van der Waals surface area contributed by atoms with Crippen molar-refractivity contribution in [2.45, 2.75) is 26.0 Å². The number of aryl methyl sites for hydroxylation is 1. The molecule has 20 heavy (non-hydrogen) atoms. The van der Waals surface area contributed by atoms with Gasteiger partial charge in [0.1, 0.15) is 12.4 Å². The van der Waals surface area contributed by atoms with Gasteiger partial charge in [-0.2, -0.15) is 5.10 Å². The van der Waals surface area contributed by atoms with Crippen LogP contribution in [0.25, 0.3) is 0 Å². The number of hydrogen-bond donors (Lipinski definition) is 1. The average Bonchev–Trinajstić information content (AvgIpc) is 2.73. The molecular weight excluding hydrogens is 297 g/mol. The fourth-order valence-corrected chi connectivity index (χ4v) is 2.55. The summed E-state index contributed by atoms with van der Waals surface area (Å²) < 4.78 is 7.53. The van der Waals surface area contributed by atoms with Crippen LogP contribution in [0.1, 0.15) is 18.2 Å². The maximum atomic E-state index is 6.21. The first-order chi connectivity index (χ1) is 9.45. The first kappa shape index (κ1) is 15.2. The summed E-state index contributed by atoms with van der Waals surface area (Å²) in [5.41, 5.74) is 7.60. The van der Waals surface area contributed by atoms with Gasteiger partial charge >= 0.3 is 0 Å². The Hall–Kier alpha value is -1.23. The van der Waals surface area contributed by atoms with Gasteiger partial charge in [-0.1, -0.05) is 23.2 Å². The molecule has 2 N–H and O–H groups in total. The summed E-state index contributed by atoms with van der Waals surface area (Å²) in [5.74, 6) is 0.624. The van der Waals surface area contributed by atoms with Crippen molar-refractivity contribution in [3.63, 3.8) is 0 Å². The topological polar surface area (TPSA) is 53.1 Å². The minimum absolute atomic E-state index is 0.00161. The number of ether oxygens (including phenoxy) is 1. The minimum atomic E-state index is 0.00161. The van der Waals surface area contributed by atoms with E-state index in [1.54, 1.807) is 10.7 Å².